The summed E-state index contributed by atoms with van der Waals surface area (Å²) in [6.45, 7) is 31.9. The predicted molar refractivity (Wildman–Crippen MR) is 489 cm³/mol. The van der Waals surface area contributed by atoms with E-state index in [0.29, 0.717) is 70.5 Å². The van der Waals surface area contributed by atoms with Crippen molar-refractivity contribution < 1.29 is 75.7 Å². The SMILES string of the molecule is CC(C)(C)OC(=O)Nc1ccc2c(c1)Cc1cccc(B3OC(C)(C)C(C)(C)O3)c1O2.COc1cc(N2CCOCC2)cc(-c2cccc3c2Oc2ccc(N)cc2C3)n1.COc1cc(N2CCOCC2)cc(-c2cccc3c2Oc2ccc(NC(=O)OC(C)(C)C)cc2C3)n1.COc1cc(N2CCOCC2)cc(Cl)n1.Clc1cc(N2CCOCC2)cc(Cl)n1. The summed E-state index contributed by atoms with van der Waals surface area (Å²) in [5, 5.41) is 6.91. The van der Waals surface area contributed by atoms with Crippen LogP contribution in [0.25, 0.3) is 22.5 Å². The number of halogens is 3. The molecule has 2 amide bonds. The maximum Gasteiger partial charge on any atom is 0.498 e. The van der Waals surface area contributed by atoms with Gasteiger partial charge in [0.15, 0.2) is 0 Å². The van der Waals surface area contributed by atoms with E-state index in [4.69, 9.17) is 117 Å². The second-order valence-corrected chi connectivity index (χ2v) is 34.8. The molecule has 8 aliphatic heterocycles. The van der Waals surface area contributed by atoms with Crippen LogP contribution in [0.15, 0.2) is 158 Å². The standard InChI is InChI=1S/C28H31N3O5.C24H30BNO5.C23H23N3O3.C10H13ClN2O2.C9H10Cl2N2O/c1-28(2,3)36-27(32)29-20-8-9-24-19(15-20)14-18-6-5-7-22(26(18)35-24)23-16-21(17-25(30-23)33-4)31-10-12-34-13-11-31;1-22(2,3)29-21(27)26-17-11-12-19-16(14-17)13-15-9-8-10-18(20(15)28-19)25-30-23(4,5)24(6,7)31-25;1-27-22-14-18(26-7-9-28-10-8-26)13-20(25-22)19-4-2-3-15-11-16-12-17(24)5-6-21(16)29-23(15)19;1-14-10-7-8(6-9(11)12-10)13-2-4-15-5-3-13;10-8-5-7(6-9(11)12-8)13-1-3-14-4-2-13/h5-9,15-17H,10-14H2,1-4H3,(H,29,32);8-12,14H,13H2,1-7H3,(H,26,27);2-6,12-14H,7-11,24H2,1H3;6-7H,2-5H2,1H3;5-6H,1-4H2. The van der Waals surface area contributed by atoms with Crippen molar-refractivity contribution in [3.05, 3.63) is 207 Å². The lowest BCUT2D eigenvalue weighted by atomic mass is 9.76. The van der Waals surface area contributed by atoms with E-state index < -0.39 is 41.7 Å². The van der Waals surface area contributed by atoms with Crippen molar-refractivity contribution in [2.45, 2.75) is 111 Å². The third kappa shape index (κ3) is 23.2. The van der Waals surface area contributed by atoms with Crippen molar-refractivity contribution in [2.24, 2.45) is 0 Å². The smallest absolute Gasteiger partial charge is 0.481 e. The van der Waals surface area contributed by atoms with Gasteiger partial charge in [-0.3, -0.25) is 10.6 Å². The van der Waals surface area contributed by atoms with E-state index in [0.717, 1.165) is 223 Å². The Bertz CT molecular complexity index is 5460. The number of nitrogens with zero attached hydrogens (tertiary/aromatic N) is 8. The second-order valence-electron chi connectivity index (χ2n) is 33.7. The maximum atomic E-state index is 12.2. The average Bonchev–Trinajstić information content (AvgIpc) is 1.73. The van der Waals surface area contributed by atoms with Gasteiger partial charge in [-0.15, -0.1) is 0 Å². The molecule has 0 saturated carbocycles. The normalized spacial score (nSPS) is 16.3. The summed E-state index contributed by atoms with van der Waals surface area (Å²) in [4.78, 5) is 50.7. The van der Waals surface area contributed by atoms with Crippen molar-refractivity contribution in [1.82, 2.24) is 19.9 Å². The molecular weight excluding hydrogens is 1660 g/mol. The molecule has 4 aromatic heterocycles. The second kappa shape index (κ2) is 39.7. The largest absolute Gasteiger partial charge is 0.498 e. The van der Waals surface area contributed by atoms with Crippen molar-refractivity contribution in [1.29, 1.82) is 0 Å². The molecule has 31 heteroatoms. The highest BCUT2D eigenvalue weighted by Gasteiger charge is 2.53. The Balaban J connectivity index is 0.000000132. The Morgan fingerprint density at radius 1 is 0.408 bits per heavy atom. The van der Waals surface area contributed by atoms with Crippen LogP contribution < -0.4 is 69.9 Å². The zero-order valence-electron chi connectivity index (χ0n) is 72.8. The van der Waals surface area contributed by atoms with Crippen molar-refractivity contribution in [3.8, 4) is 74.7 Å². The van der Waals surface area contributed by atoms with Gasteiger partial charge in [0.2, 0.25) is 17.6 Å². The molecule has 125 heavy (non-hydrogen) atoms. The number of nitrogen functional groups attached to an aromatic ring is 1. The fourth-order valence-corrected chi connectivity index (χ4v) is 15.7. The van der Waals surface area contributed by atoms with E-state index in [-0.39, 0.29) is 0 Å². The molecule has 12 heterocycles. The molecule has 0 bridgehead atoms. The van der Waals surface area contributed by atoms with Crippen LogP contribution in [-0.4, -0.2) is 188 Å². The van der Waals surface area contributed by atoms with E-state index in [1.165, 1.54) is 0 Å². The molecule has 0 atom stereocenters. The van der Waals surface area contributed by atoms with E-state index in [1.54, 1.807) is 21.3 Å². The summed E-state index contributed by atoms with van der Waals surface area (Å²) in [5.74, 6) is 6.45. The number of benzene rings is 6. The summed E-state index contributed by atoms with van der Waals surface area (Å²) in [5.41, 5.74) is 20.9. The minimum Gasteiger partial charge on any atom is -0.481 e. The zero-order chi connectivity index (χ0) is 88.3. The number of rotatable bonds is 12. The van der Waals surface area contributed by atoms with Gasteiger partial charge in [0.1, 0.15) is 61.2 Å². The Hall–Kier alpha value is -11.0. The maximum absolute atomic E-state index is 12.2. The molecule has 0 radical (unpaired) electrons. The fraction of sp³-hybridized carbons (Fsp3) is 0.383. The lowest BCUT2D eigenvalue weighted by Gasteiger charge is -2.32. The van der Waals surface area contributed by atoms with E-state index in [1.807, 2.05) is 203 Å². The van der Waals surface area contributed by atoms with Gasteiger partial charge in [0.05, 0.1) is 96.8 Å². The topological polar surface area (TPSA) is 278 Å². The number of para-hydroxylation sites is 3. The van der Waals surface area contributed by atoms with E-state index in [9.17, 15) is 9.59 Å². The van der Waals surface area contributed by atoms with Crippen LogP contribution >= 0.6 is 34.8 Å². The number of carbonyl (C=O) groups excluding carboxylic acids is 2. The van der Waals surface area contributed by atoms with E-state index in [2.05, 4.69) is 64.5 Å². The quantitative estimate of drug-likeness (QED) is 0.0582. The Morgan fingerprint density at radius 2 is 0.744 bits per heavy atom. The number of hydrogen-bond acceptors (Lipinski definition) is 25. The number of morpholine rings is 4. The number of hydrogen-bond donors (Lipinski definition) is 3. The number of ether oxygens (including phenoxy) is 12. The Kier molecular flexibility index (Phi) is 28.6. The minimum absolute atomic E-state index is 0.421. The Morgan fingerprint density at radius 3 is 1.14 bits per heavy atom. The number of anilines is 7. The first-order chi connectivity index (χ1) is 59.9. The first-order valence-corrected chi connectivity index (χ1v) is 42.9. The summed E-state index contributed by atoms with van der Waals surface area (Å²) in [6, 6.07) is 50.8. The molecule has 8 aliphatic rings. The van der Waals surface area contributed by atoms with Crippen LogP contribution in [0.4, 0.5) is 49.4 Å². The number of amides is 2. The molecule has 0 aliphatic carbocycles. The lowest BCUT2D eigenvalue weighted by Crippen LogP contribution is -2.41. The number of fused-ring (bicyclic) bond motifs is 6. The highest BCUT2D eigenvalue weighted by Crippen LogP contribution is 2.48. The number of carbonyl (C=O) groups is 2. The van der Waals surface area contributed by atoms with Gasteiger partial charge in [0, 0.05) is 174 Å². The molecule has 5 saturated heterocycles. The van der Waals surface area contributed by atoms with Gasteiger partial charge in [-0.25, -0.2) is 29.5 Å². The van der Waals surface area contributed by atoms with Gasteiger partial charge in [-0.1, -0.05) is 77.3 Å². The molecule has 0 spiro atoms. The fourth-order valence-electron chi connectivity index (χ4n) is 15.0. The summed E-state index contributed by atoms with van der Waals surface area (Å²) in [7, 11) is 4.37. The lowest BCUT2D eigenvalue weighted by molar-refractivity contribution is 0.00578. The molecule has 4 N–H and O–H groups in total. The molecule has 10 aromatic rings. The first-order valence-electron chi connectivity index (χ1n) is 41.8. The number of methoxy groups -OCH3 is 3. The van der Waals surface area contributed by atoms with Crippen LogP contribution in [0.2, 0.25) is 15.5 Å². The molecule has 18 rings (SSSR count). The average molecular weight is 1760 g/mol. The van der Waals surface area contributed by atoms with Gasteiger partial charge in [-0.2, -0.15) is 0 Å². The summed E-state index contributed by atoms with van der Waals surface area (Å²) in [6.07, 6.45) is 1.17. The number of pyridine rings is 4. The monoisotopic (exact) mass is 1760 g/mol. The number of nitrogens with one attached hydrogen (secondary N) is 2. The summed E-state index contributed by atoms with van der Waals surface area (Å²) >= 11 is 17.5. The van der Waals surface area contributed by atoms with Gasteiger partial charge < -0.3 is 91.5 Å². The van der Waals surface area contributed by atoms with Crippen molar-refractivity contribution in [3.63, 3.8) is 0 Å². The molecule has 6 aromatic carbocycles. The highest BCUT2D eigenvalue weighted by molar-refractivity contribution is 6.63. The predicted octanol–water partition coefficient (Wildman–Crippen LogP) is 18.3. The van der Waals surface area contributed by atoms with Gasteiger partial charge in [-0.05, 0) is 172 Å². The Labute approximate surface area is 745 Å². The third-order valence-electron chi connectivity index (χ3n) is 21.9. The number of aromatic nitrogens is 4. The minimum atomic E-state index is -0.563. The van der Waals surface area contributed by atoms with Crippen LogP contribution in [0.1, 0.15) is 103 Å². The molecule has 27 nitrogen and oxygen atoms in total. The van der Waals surface area contributed by atoms with Gasteiger partial charge in [0.25, 0.3) is 0 Å². The summed E-state index contributed by atoms with van der Waals surface area (Å²) < 4.78 is 79.8. The van der Waals surface area contributed by atoms with Crippen LogP contribution in [-0.2, 0) is 57.0 Å². The van der Waals surface area contributed by atoms with Crippen molar-refractivity contribution >= 4 is 99.4 Å². The zero-order valence-corrected chi connectivity index (χ0v) is 75.1. The third-order valence-corrected chi connectivity index (χ3v) is 22.4. The first kappa shape index (κ1) is 90.2. The number of nitrogens with two attached hydrogens (primary N) is 1. The van der Waals surface area contributed by atoms with Crippen LogP contribution in [0.5, 0.6) is 52.1 Å². The molecule has 658 valence electrons. The van der Waals surface area contributed by atoms with E-state index >= 15 is 0 Å². The molecule has 0 unspecified atom stereocenters. The van der Waals surface area contributed by atoms with Crippen LogP contribution in [0.3, 0.4) is 0 Å². The van der Waals surface area contributed by atoms with Gasteiger partial charge >= 0.3 is 19.3 Å². The van der Waals surface area contributed by atoms with Crippen LogP contribution in [0, 0.1) is 0 Å². The highest BCUT2D eigenvalue weighted by atomic mass is 35.5. The van der Waals surface area contributed by atoms with Crippen molar-refractivity contribution in [2.75, 3.05) is 163 Å². The molecular formula is C94H107BCl3N11O16. The molecule has 5 fully saturated rings.